The topological polar surface area (TPSA) is 84.3 Å². The van der Waals surface area contributed by atoms with Gasteiger partial charge in [0.15, 0.2) is 11.5 Å². The van der Waals surface area contributed by atoms with Gasteiger partial charge in [0.05, 0.1) is 17.3 Å². The first-order valence-corrected chi connectivity index (χ1v) is 9.36. The molecule has 1 unspecified atom stereocenters. The van der Waals surface area contributed by atoms with Crippen LogP contribution in [0, 0.1) is 0 Å². The Bertz CT molecular complexity index is 936. The normalized spacial score (nSPS) is 17.1. The standard InChI is InChI=1S/C17H14BrN3O3S/c18-10-3-1-9(2-4-10)13-7-12-15(25-13)14(17(22)23)20-21-16(12)19-11-5-6-24-8-11/h1-4,7,11H,5-6,8H2,(H,19,21)(H,22,23). The van der Waals surface area contributed by atoms with E-state index in [-0.39, 0.29) is 11.7 Å². The second kappa shape index (κ2) is 6.70. The van der Waals surface area contributed by atoms with E-state index in [1.54, 1.807) is 0 Å². The number of fused-ring (bicyclic) bond motifs is 1. The molecule has 128 valence electrons. The number of carbonyl (C=O) groups is 1. The number of hydrogen-bond acceptors (Lipinski definition) is 6. The Kier molecular flexibility index (Phi) is 4.41. The van der Waals surface area contributed by atoms with E-state index in [1.807, 2.05) is 30.3 Å². The van der Waals surface area contributed by atoms with Gasteiger partial charge < -0.3 is 15.2 Å². The molecule has 0 spiro atoms. The number of ether oxygens (including phenoxy) is 1. The van der Waals surface area contributed by atoms with Crippen molar-refractivity contribution >= 4 is 49.1 Å². The molecule has 4 rings (SSSR count). The third-order valence-corrected chi connectivity index (χ3v) is 5.77. The van der Waals surface area contributed by atoms with Crippen LogP contribution in [-0.2, 0) is 4.74 Å². The van der Waals surface area contributed by atoms with Crippen molar-refractivity contribution < 1.29 is 14.6 Å². The van der Waals surface area contributed by atoms with Gasteiger partial charge in [-0.25, -0.2) is 4.79 Å². The molecule has 0 amide bonds. The number of aromatic carboxylic acids is 1. The Hall–Kier alpha value is -2.03. The lowest BCUT2D eigenvalue weighted by Crippen LogP contribution is -2.20. The van der Waals surface area contributed by atoms with Crippen molar-refractivity contribution in [1.29, 1.82) is 0 Å². The average molecular weight is 420 g/mol. The number of aromatic nitrogens is 2. The van der Waals surface area contributed by atoms with Gasteiger partial charge in [-0.3, -0.25) is 0 Å². The van der Waals surface area contributed by atoms with Crippen molar-refractivity contribution in [3.05, 3.63) is 40.5 Å². The molecule has 1 aliphatic rings. The van der Waals surface area contributed by atoms with Crippen LogP contribution in [0.3, 0.4) is 0 Å². The van der Waals surface area contributed by atoms with E-state index < -0.39 is 5.97 Å². The van der Waals surface area contributed by atoms with Crippen molar-refractivity contribution in [2.75, 3.05) is 18.5 Å². The number of nitrogens with one attached hydrogen (secondary N) is 1. The molecule has 1 fully saturated rings. The van der Waals surface area contributed by atoms with E-state index in [0.717, 1.165) is 33.3 Å². The highest BCUT2D eigenvalue weighted by Crippen LogP contribution is 2.38. The van der Waals surface area contributed by atoms with Gasteiger partial charge in [0, 0.05) is 21.3 Å². The second-order valence-corrected chi connectivity index (χ2v) is 7.74. The third-order valence-electron chi connectivity index (χ3n) is 4.05. The highest BCUT2D eigenvalue weighted by atomic mass is 79.9. The quantitative estimate of drug-likeness (QED) is 0.664. The molecule has 0 radical (unpaired) electrons. The largest absolute Gasteiger partial charge is 0.476 e. The van der Waals surface area contributed by atoms with Crippen molar-refractivity contribution in [1.82, 2.24) is 10.2 Å². The van der Waals surface area contributed by atoms with Crippen LogP contribution in [0.4, 0.5) is 5.82 Å². The monoisotopic (exact) mass is 419 g/mol. The molecule has 3 heterocycles. The molecule has 1 atom stereocenters. The smallest absolute Gasteiger partial charge is 0.357 e. The summed E-state index contributed by atoms with van der Waals surface area (Å²) in [6, 6.07) is 10.1. The maximum atomic E-state index is 11.5. The summed E-state index contributed by atoms with van der Waals surface area (Å²) in [6.45, 7) is 1.34. The zero-order chi connectivity index (χ0) is 17.4. The molecule has 0 bridgehead atoms. The summed E-state index contributed by atoms with van der Waals surface area (Å²) in [5.41, 5.74) is 1.01. The lowest BCUT2D eigenvalue weighted by molar-refractivity contribution is 0.0692. The first-order chi connectivity index (χ1) is 12.1. The van der Waals surface area contributed by atoms with Crippen LogP contribution in [0.15, 0.2) is 34.8 Å². The van der Waals surface area contributed by atoms with Gasteiger partial charge >= 0.3 is 5.97 Å². The van der Waals surface area contributed by atoms with Crippen LogP contribution >= 0.6 is 27.3 Å². The number of nitrogens with zero attached hydrogens (tertiary/aromatic N) is 2. The van der Waals surface area contributed by atoms with E-state index in [2.05, 4.69) is 31.4 Å². The SMILES string of the molecule is O=C(O)c1nnc(NC2CCOC2)c2cc(-c3ccc(Br)cc3)sc12. The summed E-state index contributed by atoms with van der Waals surface area (Å²) in [5, 5.41) is 21.6. The highest BCUT2D eigenvalue weighted by molar-refractivity contribution is 9.10. The molecule has 0 aliphatic carbocycles. The third kappa shape index (κ3) is 3.24. The summed E-state index contributed by atoms with van der Waals surface area (Å²) in [4.78, 5) is 12.5. The minimum Gasteiger partial charge on any atom is -0.476 e. The molecular weight excluding hydrogens is 406 g/mol. The lowest BCUT2D eigenvalue weighted by atomic mass is 10.1. The molecule has 6 nitrogen and oxygen atoms in total. The fourth-order valence-electron chi connectivity index (χ4n) is 2.79. The zero-order valence-corrected chi connectivity index (χ0v) is 15.4. The molecular formula is C17H14BrN3O3S. The molecule has 25 heavy (non-hydrogen) atoms. The van der Waals surface area contributed by atoms with Gasteiger partial charge in [0.25, 0.3) is 0 Å². The molecule has 2 N–H and O–H groups in total. The maximum Gasteiger partial charge on any atom is 0.357 e. The molecule has 1 saturated heterocycles. The second-order valence-electron chi connectivity index (χ2n) is 5.77. The fourth-order valence-corrected chi connectivity index (χ4v) is 4.19. The number of anilines is 1. The first kappa shape index (κ1) is 16.4. The predicted octanol–water partition coefficient (Wildman–Crippen LogP) is 4.02. The van der Waals surface area contributed by atoms with Crippen LogP contribution in [-0.4, -0.2) is 40.5 Å². The Morgan fingerprint density at radius 3 is 2.80 bits per heavy atom. The van der Waals surface area contributed by atoms with Crippen LogP contribution in [0.25, 0.3) is 20.5 Å². The highest BCUT2D eigenvalue weighted by Gasteiger charge is 2.22. The zero-order valence-electron chi connectivity index (χ0n) is 13.0. The van der Waals surface area contributed by atoms with E-state index >= 15 is 0 Å². The summed E-state index contributed by atoms with van der Waals surface area (Å²) in [6.07, 6.45) is 0.896. The Labute approximate surface area is 156 Å². The number of benzene rings is 1. The van der Waals surface area contributed by atoms with Crippen molar-refractivity contribution in [2.24, 2.45) is 0 Å². The van der Waals surface area contributed by atoms with Crippen molar-refractivity contribution in [3.8, 4) is 10.4 Å². The van der Waals surface area contributed by atoms with Gasteiger partial charge in [-0.15, -0.1) is 21.5 Å². The van der Waals surface area contributed by atoms with E-state index in [1.165, 1.54) is 11.3 Å². The number of rotatable bonds is 4. The lowest BCUT2D eigenvalue weighted by Gasteiger charge is -2.11. The first-order valence-electron chi connectivity index (χ1n) is 7.75. The molecule has 1 aliphatic heterocycles. The predicted molar refractivity (Wildman–Crippen MR) is 100 cm³/mol. The number of halogens is 1. The summed E-state index contributed by atoms with van der Waals surface area (Å²) >= 11 is 4.84. The van der Waals surface area contributed by atoms with Crippen LogP contribution in [0.2, 0.25) is 0 Å². The van der Waals surface area contributed by atoms with Gasteiger partial charge in [0.1, 0.15) is 0 Å². The number of carboxylic acid groups (broad SMARTS) is 1. The minimum absolute atomic E-state index is 0.0171. The number of carboxylic acids is 1. The Balaban J connectivity index is 1.82. The van der Waals surface area contributed by atoms with Crippen molar-refractivity contribution in [2.45, 2.75) is 12.5 Å². The Morgan fingerprint density at radius 1 is 1.32 bits per heavy atom. The van der Waals surface area contributed by atoms with Crippen LogP contribution < -0.4 is 5.32 Å². The Morgan fingerprint density at radius 2 is 2.12 bits per heavy atom. The van der Waals surface area contributed by atoms with Gasteiger partial charge in [-0.2, -0.15) is 0 Å². The van der Waals surface area contributed by atoms with Gasteiger partial charge in [-0.05, 0) is 30.2 Å². The van der Waals surface area contributed by atoms with Gasteiger partial charge in [0.2, 0.25) is 0 Å². The van der Waals surface area contributed by atoms with E-state index in [9.17, 15) is 9.90 Å². The summed E-state index contributed by atoms with van der Waals surface area (Å²) in [5.74, 6) is -0.465. The van der Waals surface area contributed by atoms with E-state index in [0.29, 0.717) is 17.1 Å². The average Bonchev–Trinajstić information content (AvgIpc) is 3.25. The summed E-state index contributed by atoms with van der Waals surface area (Å²) < 4.78 is 7.00. The minimum atomic E-state index is -1.07. The molecule has 3 aromatic rings. The molecule has 2 aromatic heterocycles. The number of thiophene rings is 1. The maximum absolute atomic E-state index is 11.5. The van der Waals surface area contributed by atoms with Crippen LogP contribution in [0.5, 0.6) is 0 Å². The molecule has 0 saturated carbocycles. The summed E-state index contributed by atoms with van der Waals surface area (Å²) in [7, 11) is 0. The van der Waals surface area contributed by atoms with E-state index in [4.69, 9.17) is 4.74 Å². The molecule has 1 aromatic carbocycles. The number of hydrogen-bond donors (Lipinski definition) is 2. The van der Waals surface area contributed by atoms with Gasteiger partial charge in [-0.1, -0.05) is 28.1 Å². The molecule has 8 heteroatoms. The fraction of sp³-hybridized carbons (Fsp3) is 0.235. The van der Waals surface area contributed by atoms with Crippen LogP contribution in [0.1, 0.15) is 16.9 Å². The van der Waals surface area contributed by atoms with Crippen molar-refractivity contribution in [3.63, 3.8) is 0 Å².